The molecule has 1 atom stereocenters. The lowest BCUT2D eigenvalue weighted by atomic mass is 10.2. The molecule has 1 unspecified atom stereocenters. The zero-order chi connectivity index (χ0) is 20.8. The molecule has 3 aromatic rings. The predicted molar refractivity (Wildman–Crippen MR) is 113 cm³/mol. The first kappa shape index (κ1) is 19.6. The van der Waals surface area contributed by atoms with E-state index in [4.69, 9.17) is 4.52 Å². The van der Waals surface area contributed by atoms with Gasteiger partial charge in [0.15, 0.2) is 11.8 Å². The first-order valence-electron chi connectivity index (χ1n) is 9.79. The zero-order valence-electron chi connectivity index (χ0n) is 16.7. The average molecular weight is 405 g/mol. The molecule has 9 nitrogen and oxygen atoms in total. The Kier molecular flexibility index (Phi) is 5.98. The molecule has 30 heavy (non-hydrogen) atoms. The van der Waals surface area contributed by atoms with Crippen LogP contribution in [0.2, 0.25) is 0 Å². The summed E-state index contributed by atoms with van der Waals surface area (Å²) in [6.07, 6.45) is 2.67. The molecule has 0 saturated carbocycles. The number of aromatic nitrogens is 3. The summed E-state index contributed by atoms with van der Waals surface area (Å²) in [7, 11) is 1.70. The van der Waals surface area contributed by atoms with E-state index in [1.54, 1.807) is 18.1 Å². The average Bonchev–Trinajstić information content (AvgIpc) is 3.41. The summed E-state index contributed by atoms with van der Waals surface area (Å²) in [5.41, 5.74) is 1.56. The van der Waals surface area contributed by atoms with Gasteiger partial charge in [-0.25, -0.2) is 0 Å². The molecule has 2 N–H and O–H groups in total. The van der Waals surface area contributed by atoms with Gasteiger partial charge in [-0.1, -0.05) is 29.4 Å². The van der Waals surface area contributed by atoms with Gasteiger partial charge in [-0.15, -0.1) is 0 Å². The normalized spacial score (nSPS) is 16.7. The number of nitrogens with one attached hydrogen (secondary N) is 2. The Hall–Kier alpha value is -3.75. The lowest BCUT2D eigenvalue weighted by molar-refractivity contribution is -0.117. The van der Waals surface area contributed by atoms with Gasteiger partial charge in [-0.3, -0.25) is 14.8 Å². The van der Waals surface area contributed by atoms with Crippen molar-refractivity contribution in [2.75, 3.05) is 25.0 Å². The quantitative estimate of drug-likeness (QED) is 0.474. The fourth-order valence-corrected chi connectivity index (χ4v) is 3.29. The number of hydrogen-bond acceptors (Lipinski definition) is 6. The van der Waals surface area contributed by atoms with Gasteiger partial charge < -0.3 is 20.1 Å². The van der Waals surface area contributed by atoms with Crippen molar-refractivity contribution in [2.45, 2.75) is 18.9 Å². The van der Waals surface area contributed by atoms with Crippen LogP contribution in [-0.2, 0) is 11.2 Å². The van der Waals surface area contributed by atoms with Crippen LogP contribution in [0.4, 0.5) is 5.69 Å². The van der Waals surface area contributed by atoms with Gasteiger partial charge in [0.2, 0.25) is 5.91 Å². The molecule has 0 radical (unpaired) electrons. The number of guanidine groups is 1. The first-order chi connectivity index (χ1) is 14.7. The van der Waals surface area contributed by atoms with Crippen molar-refractivity contribution in [3.63, 3.8) is 0 Å². The van der Waals surface area contributed by atoms with Gasteiger partial charge in [0.1, 0.15) is 5.69 Å². The molecule has 1 aromatic carbocycles. The molecular weight excluding hydrogens is 382 g/mol. The number of amides is 1. The minimum Gasteiger partial charge on any atom is -0.356 e. The number of aliphatic imine (C=N–C) groups is 1. The minimum atomic E-state index is -0.00941. The number of benzene rings is 1. The molecule has 1 amide bonds. The maximum atomic E-state index is 12.4. The smallest absolute Gasteiger partial charge is 0.276 e. The van der Waals surface area contributed by atoms with E-state index in [1.165, 1.54) is 0 Å². The van der Waals surface area contributed by atoms with Gasteiger partial charge in [0, 0.05) is 44.9 Å². The van der Waals surface area contributed by atoms with E-state index in [-0.39, 0.29) is 11.9 Å². The van der Waals surface area contributed by atoms with Crippen LogP contribution in [0.25, 0.3) is 11.6 Å². The van der Waals surface area contributed by atoms with Crippen molar-refractivity contribution < 1.29 is 9.32 Å². The van der Waals surface area contributed by atoms with Gasteiger partial charge >= 0.3 is 0 Å². The summed E-state index contributed by atoms with van der Waals surface area (Å²) in [4.78, 5) is 27.0. The van der Waals surface area contributed by atoms with Crippen molar-refractivity contribution in [1.82, 2.24) is 25.8 Å². The number of para-hydroxylation sites is 1. The Morgan fingerprint density at radius 2 is 2.07 bits per heavy atom. The number of anilines is 1. The first-order valence-corrected chi connectivity index (χ1v) is 9.79. The van der Waals surface area contributed by atoms with Crippen LogP contribution in [0.1, 0.15) is 12.2 Å². The summed E-state index contributed by atoms with van der Waals surface area (Å²) < 4.78 is 5.27. The molecule has 1 aliphatic heterocycles. The minimum absolute atomic E-state index is 0.00941. The summed E-state index contributed by atoms with van der Waals surface area (Å²) >= 11 is 0. The Balaban J connectivity index is 1.27. The molecule has 9 heteroatoms. The second-order valence-electron chi connectivity index (χ2n) is 6.87. The summed E-state index contributed by atoms with van der Waals surface area (Å²) in [6.45, 7) is 1.17. The van der Waals surface area contributed by atoms with Crippen LogP contribution in [-0.4, -0.2) is 53.2 Å². The second kappa shape index (κ2) is 9.17. The van der Waals surface area contributed by atoms with Crippen molar-refractivity contribution >= 4 is 17.6 Å². The largest absolute Gasteiger partial charge is 0.356 e. The van der Waals surface area contributed by atoms with Crippen molar-refractivity contribution in [1.29, 1.82) is 0 Å². The predicted octanol–water partition coefficient (Wildman–Crippen LogP) is 1.64. The van der Waals surface area contributed by atoms with Gasteiger partial charge in [-0.05, 0) is 24.3 Å². The molecule has 1 aliphatic rings. The standard InChI is InChI=1S/C21H23N7O2/c1-22-21(25-15-13-19(29)28(14-15)16-7-3-2-4-8-16)24-12-10-18-26-20(30-27-18)17-9-5-6-11-23-17/h2-9,11,15H,10,12-14H2,1H3,(H2,22,24,25). The topological polar surface area (TPSA) is 109 Å². The van der Waals surface area contributed by atoms with Crippen LogP contribution < -0.4 is 15.5 Å². The SMILES string of the molecule is CN=C(NCCc1noc(-c2ccccn2)n1)NC1CC(=O)N(c2ccccc2)C1. The number of pyridine rings is 1. The summed E-state index contributed by atoms with van der Waals surface area (Å²) in [6, 6.07) is 15.2. The maximum absolute atomic E-state index is 12.4. The van der Waals surface area contributed by atoms with E-state index in [0.717, 1.165) is 5.69 Å². The number of nitrogens with zero attached hydrogens (tertiary/aromatic N) is 5. The monoisotopic (exact) mass is 405 g/mol. The number of carbonyl (C=O) groups excluding carboxylic acids is 1. The summed E-state index contributed by atoms with van der Waals surface area (Å²) in [5, 5.41) is 10.5. The lowest BCUT2D eigenvalue weighted by Crippen LogP contribution is -2.45. The highest BCUT2D eigenvalue weighted by atomic mass is 16.5. The Labute approximate surface area is 174 Å². The van der Waals surface area contributed by atoms with Crippen LogP contribution >= 0.6 is 0 Å². The van der Waals surface area contributed by atoms with E-state index >= 15 is 0 Å². The number of rotatable bonds is 6. The van der Waals surface area contributed by atoms with E-state index in [0.29, 0.717) is 49.3 Å². The van der Waals surface area contributed by atoms with E-state index in [2.05, 4.69) is 30.8 Å². The molecule has 1 fully saturated rings. The van der Waals surface area contributed by atoms with Gasteiger partial charge in [0.25, 0.3) is 5.89 Å². The number of hydrogen-bond donors (Lipinski definition) is 2. The third kappa shape index (κ3) is 4.62. The molecule has 0 bridgehead atoms. The molecule has 4 rings (SSSR count). The summed E-state index contributed by atoms with van der Waals surface area (Å²) in [5.74, 6) is 1.72. The van der Waals surface area contributed by atoms with E-state index < -0.39 is 0 Å². The Morgan fingerprint density at radius 3 is 2.83 bits per heavy atom. The zero-order valence-corrected chi connectivity index (χ0v) is 16.7. The van der Waals surface area contributed by atoms with Crippen molar-refractivity contribution in [3.8, 4) is 11.6 Å². The van der Waals surface area contributed by atoms with Gasteiger partial charge in [-0.2, -0.15) is 4.98 Å². The molecule has 0 spiro atoms. The van der Waals surface area contributed by atoms with Crippen molar-refractivity contribution in [3.05, 3.63) is 60.6 Å². The fourth-order valence-electron chi connectivity index (χ4n) is 3.29. The van der Waals surface area contributed by atoms with Crippen LogP contribution in [0, 0.1) is 0 Å². The van der Waals surface area contributed by atoms with Crippen LogP contribution in [0.3, 0.4) is 0 Å². The van der Waals surface area contributed by atoms with E-state index in [1.807, 2.05) is 48.5 Å². The van der Waals surface area contributed by atoms with Crippen LogP contribution in [0.5, 0.6) is 0 Å². The fraction of sp³-hybridized carbons (Fsp3) is 0.286. The molecule has 154 valence electrons. The van der Waals surface area contributed by atoms with Gasteiger partial charge in [0.05, 0.1) is 6.04 Å². The highest BCUT2D eigenvalue weighted by Gasteiger charge is 2.31. The van der Waals surface area contributed by atoms with Crippen LogP contribution in [0.15, 0.2) is 64.2 Å². The highest BCUT2D eigenvalue weighted by molar-refractivity contribution is 5.97. The van der Waals surface area contributed by atoms with E-state index in [9.17, 15) is 4.79 Å². The Morgan fingerprint density at radius 1 is 1.23 bits per heavy atom. The highest BCUT2D eigenvalue weighted by Crippen LogP contribution is 2.21. The second-order valence-corrected chi connectivity index (χ2v) is 6.87. The molecule has 3 heterocycles. The maximum Gasteiger partial charge on any atom is 0.276 e. The Bertz CT molecular complexity index is 1000. The molecule has 2 aromatic heterocycles. The van der Waals surface area contributed by atoms with Crippen molar-refractivity contribution in [2.24, 2.45) is 4.99 Å². The molecular formula is C21H23N7O2. The third-order valence-electron chi connectivity index (χ3n) is 4.75. The molecule has 1 saturated heterocycles. The molecule has 0 aliphatic carbocycles. The number of carbonyl (C=O) groups is 1. The third-order valence-corrected chi connectivity index (χ3v) is 4.75. The lowest BCUT2D eigenvalue weighted by Gasteiger charge is -2.18.